The first-order valence-electron chi connectivity index (χ1n) is 27.6. The molecule has 0 aliphatic heterocycles. The predicted molar refractivity (Wildman–Crippen MR) is 293 cm³/mol. The van der Waals surface area contributed by atoms with Gasteiger partial charge < -0.3 is 14.2 Å². The fourth-order valence-electron chi connectivity index (χ4n) is 7.20. The largest absolute Gasteiger partial charge is 0.462 e. The van der Waals surface area contributed by atoms with Crippen LogP contribution in [0.5, 0.6) is 0 Å². The highest BCUT2D eigenvalue weighted by atomic mass is 16.6. The van der Waals surface area contributed by atoms with E-state index in [0.29, 0.717) is 19.3 Å². The summed E-state index contributed by atoms with van der Waals surface area (Å²) in [5, 5.41) is 0. The Balaban J connectivity index is 4.49. The normalized spacial score (nSPS) is 13.0. The van der Waals surface area contributed by atoms with Gasteiger partial charge in [-0.15, -0.1) is 0 Å². The van der Waals surface area contributed by atoms with Crippen molar-refractivity contribution in [3.63, 3.8) is 0 Å². The van der Waals surface area contributed by atoms with Crippen LogP contribution >= 0.6 is 0 Å². The molecule has 384 valence electrons. The highest BCUT2D eigenvalue weighted by Crippen LogP contribution is 2.13. The summed E-state index contributed by atoms with van der Waals surface area (Å²) in [6.07, 6.45) is 76.1. The van der Waals surface area contributed by atoms with Gasteiger partial charge in [0.15, 0.2) is 6.10 Å². The molecule has 0 saturated carbocycles. The fourth-order valence-corrected chi connectivity index (χ4v) is 7.20. The van der Waals surface area contributed by atoms with E-state index in [0.717, 1.165) is 148 Å². The third kappa shape index (κ3) is 52.8. The molecule has 0 fully saturated rings. The summed E-state index contributed by atoms with van der Waals surface area (Å²) in [5.41, 5.74) is 0. The highest BCUT2D eigenvalue weighted by Gasteiger charge is 2.19. The summed E-state index contributed by atoms with van der Waals surface area (Å²) in [6.45, 7) is 6.32. The van der Waals surface area contributed by atoms with Gasteiger partial charge in [0, 0.05) is 19.3 Å². The number of unbranched alkanes of at least 4 members (excludes halogenated alkanes) is 21. The van der Waals surface area contributed by atoms with Gasteiger partial charge in [-0.2, -0.15) is 0 Å². The molecule has 0 aromatic rings. The van der Waals surface area contributed by atoms with E-state index < -0.39 is 6.10 Å². The number of hydrogen-bond acceptors (Lipinski definition) is 6. The predicted octanol–water partition coefficient (Wildman–Crippen LogP) is 18.5. The Morgan fingerprint density at radius 2 is 0.647 bits per heavy atom. The summed E-state index contributed by atoms with van der Waals surface area (Å²) < 4.78 is 16.8. The number of hydrogen-bond donors (Lipinski definition) is 0. The zero-order valence-corrected chi connectivity index (χ0v) is 43.8. The number of allylic oxidation sites excluding steroid dienone is 20. The third-order valence-electron chi connectivity index (χ3n) is 11.3. The van der Waals surface area contributed by atoms with Crippen molar-refractivity contribution in [2.45, 2.75) is 239 Å². The van der Waals surface area contributed by atoms with Gasteiger partial charge in [0.25, 0.3) is 0 Å². The van der Waals surface area contributed by atoms with Crippen molar-refractivity contribution in [2.24, 2.45) is 0 Å². The molecule has 0 aromatic heterocycles. The molecule has 0 heterocycles. The maximum atomic E-state index is 12.8. The van der Waals surface area contributed by atoms with Crippen LogP contribution in [0.1, 0.15) is 233 Å². The van der Waals surface area contributed by atoms with Gasteiger partial charge in [0.1, 0.15) is 13.2 Å². The molecule has 0 rings (SSSR count). The lowest BCUT2D eigenvalue weighted by molar-refractivity contribution is -0.167. The van der Waals surface area contributed by atoms with E-state index in [1.54, 1.807) is 0 Å². The maximum absolute atomic E-state index is 12.8. The maximum Gasteiger partial charge on any atom is 0.306 e. The molecule has 0 aliphatic carbocycles. The summed E-state index contributed by atoms with van der Waals surface area (Å²) in [6, 6.07) is 0. The van der Waals surface area contributed by atoms with Crippen LogP contribution in [-0.4, -0.2) is 37.2 Å². The molecule has 0 saturated heterocycles. The standard InChI is InChI=1S/C62H100O6/c1-4-7-10-13-16-19-22-25-27-29-31-33-34-37-40-43-46-49-52-55-61(64)67-58-59(57-66-60(63)54-51-48-45-42-39-36-24-21-18-15-12-9-6-3)68-62(65)56-53-50-47-44-41-38-35-32-30-28-26-23-20-17-14-11-8-5-2/h7,9-10,12,15-16,18-19,21,23-28,30-33,35,59H,4-6,8,11,13-14,17,20,22,29,34,36-58H2,1-3H3/b10-7-,12-9-,18-15-,19-16-,24-21-,26-23-,27-25-,30-28-,33-31-,35-32-. The van der Waals surface area contributed by atoms with Crippen molar-refractivity contribution < 1.29 is 28.6 Å². The summed E-state index contributed by atoms with van der Waals surface area (Å²) >= 11 is 0. The second-order valence-electron chi connectivity index (χ2n) is 17.8. The van der Waals surface area contributed by atoms with Crippen LogP contribution in [0.4, 0.5) is 0 Å². The Morgan fingerprint density at radius 1 is 0.324 bits per heavy atom. The smallest absolute Gasteiger partial charge is 0.306 e. The Labute approximate surface area is 418 Å². The van der Waals surface area contributed by atoms with Crippen LogP contribution in [0.15, 0.2) is 122 Å². The van der Waals surface area contributed by atoms with Gasteiger partial charge in [-0.25, -0.2) is 0 Å². The zero-order chi connectivity index (χ0) is 49.3. The summed E-state index contributed by atoms with van der Waals surface area (Å²) in [4.78, 5) is 38.1. The molecule has 0 spiro atoms. The number of carbonyl (C=O) groups is 3. The molecule has 0 bridgehead atoms. The van der Waals surface area contributed by atoms with Crippen LogP contribution in [0.25, 0.3) is 0 Å². The minimum absolute atomic E-state index is 0.104. The lowest BCUT2D eigenvalue weighted by Crippen LogP contribution is -2.30. The highest BCUT2D eigenvalue weighted by molar-refractivity contribution is 5.71. The second-order valence-corrected chi connectivity index (χ2v) is 17.8. The van der Waals surface area contributed by atoms with E-state index >= 15 is 0 Å². The topological polar surface area (TPSA) is 78.9 Å². The number of esters is 3. The lowest BCUT2D eigenvalue weighted by Gasteiger charge is -2.18. The van der Waals surface area contributed by atoms with Crippen molar-refractivity contribution in [3.8, 4) is 0 Å². The van der Waals surface area contributed by atoms with E-state index in [1.807, 2.05) is 0 Å². The fraction of sp³-hybridized carbons (Fsp3) is 0.629. The average Bonchev–Trinajstić information content (AvgIpc) is 3.34. The molecule has 6 heteroatoms. The van der Waals surface area contributed by atoms with Gasteiger partial charge in [-0.3, -0.25) is 14.4 Å². The van der Waals surface area contributed by atoms with Crippen LogP contribution in [0.3, 0.4) is 0 Å². The van der Waals surface area contributed by atoms with E-state index in [-0.39, 0.29) is 31.1 Å². The van der Waals surface area contributed by atoms with Crippen molar-refractivity contribution >= 4 is 17.9 Å². The minimum Gasteiger partial charge on any atom is -0.462 e. The number of ether oxygens (including phenoxy) is 3. The minimum atomic E-state index is -0.807. The van der Waals surface area contributed by atoms with E-state index in [2.05, 4.69) is 142 Å². The Kier molecular flexibility index (Phi) is 52.0. The van der Waals surface area contributed by atoms with E-state index in [9.17, 15) is 14.4 Å². The first-order chi connectivity index (χ1) is 33.5. The quantitative estimate of drug-likeness (QED) is 0.0199. The first kappa shape index (κ1) is 63.8. The SMILES string of the molecule is CC\C=C/C=C\C=C/CCCCCCCC(=O)OCC(COC(=O)CCCCCCCC/C=C\C/C=C\C/C=C\C/C=C\CC)OC(=O)CCCCCCC\C=C/C=C\C=C/CCCCCCC. The molecule has 0 radical (unpaired) electrons. The van der Waals surface area contributed by atoms with Crippen LogP contribution in [-0.2, 0) is 28.6 Å². The van der Waals surface area contributed by atoms with Gasteiger partial charge in [0.2, 0.25) is 0 Å². The molecule has 6 nitrogen and oxygen atoms in total. The average molecular weight is 941 g/mol. The Bertz CT molecular complexity index is 1450. The molecule has 0 aliphatic rings. The van der Waals surface area contributed by atoms with Crippen molar-refractivity contribution in [3.05, 3.63) is 122 Å². The van der Waals surface area contributed by atoms with Gasteiger partial charge in [-0.05, 0) is 103 Å². The van der Waals surface area contributed by atoms with Crippen LogP contribution < -0.4 is 0 Å². The number of rotatable bonds is 48. The zero-order valence-electron chi connectivity index (χ0n) is 43.8. The van der Waals surface area contributed by atoms with Crippen molar-refractivity contribution in [1.29, 1.82) is 0 Å². The van der Waals surface area contributed by atoms with E-state index in [1.165, 1.54) is 44.9 Å². The molecule has 1 unspecified atom stereocenters. The Hall–Kier alpha value is -4.19. The molecular weight excluding hydrogens is 841 g/mol. The summed E-state index contributed by atoms with van der Waals surface area (Å²) in [7, 11) is 0. The van der Waals surface area contributed by atoms with Crippen LogP contribution in [0.2, 0.25) is 0 Å². The molecule has 0 aromatic carbocycles. The van der Waals surface area contributed by atoms with Gasteiger partial charge >= 0.3 is 17.9 Å². The van der Waals surface area contributed by atoms with Crippen LogP contribution in [0, 0.1) is 0 Å². The van der Waals surface area contributed by atoms with Crippen molar-refractivity contribution in [1.82, 2.24) is 0 Å². The van der Waals surface area contributed by atoms with Gasteiger partial charge in [0.05, 0.1) is 0 Å². The second kappa shape index (κ2) is 55.4. The molecule has 1 atom stereocenters. The number of carbonyl (C=O) groups excluding carboxylic acids is 3. The monoisotopic (exact) mass is 941 g/mol. The lowest BCUT2D eigenvalue weighted by atomic mass is 10.1. The molecular formula is C62H100O6. The molecule has 0 amide bonds. The van der Waals surface area contributed by atoms with Gasteiger partial charge in [-0.1, -0.05) is 232 Å². The Morgan fingerprint density at radius 3 is 1.06 bits per heavy atom. The van der Waals surface area contributed by atoms with Crippen molar-refractivity contribution in [2.75, 3.05) is 13.2 Å². The first-order valence-corrected chi connectivity index (χ1v) is 27.6. The third-order valence-corrected chi connectivity index (χ3v) is 11.3. The van der Waals surface area contributed by atoms with E-state index in [4.69, 9.17) is 14.2 Å². The molecule has 68 heavy (non-hydrogen) atoms. The summed E-state index contributed by atoms with van der Waals surface area (Å²) in [5.74, 6) is -0.962. The molecule has 0 N–H and O–H groups in total.